The van der Waals surface area contributed by atoms with Crippen molar-refractivity contribution in [3.63, 3.8) is 0 Å². The molecule has 0 heterocycles. The molecule has 4 aromatic rings. The number of carboxylic acid groups (broad SMARTS) is 1. The van der Waals surface area contributed by atoms with Crippen molar-refractivity contribution >= 4 is 11.9 Å². The van der Waals surface area contributed by atoms with Gasteiger partial charge in [0.1, 0.15) is 29.1 Å². The van der Waals surface area contributed by atoms with Gasteiger partial charge in [-0.3, -0.25) is 9.59 Å². The molecule has 48 heavy (non-hydrogen) atoms. The lowest BCUT2D eigenvalue weighted by Gasteiger charge is -2.18. The summed E-state index contributed by atoms with van der Waals surface area (Å²) in [5, 5.41) is 18.5. The van der Waals surface area contributed by atoms with Gasteiger partial charge >= 0.3 is 25.2 Å². The Labute approximate surface area is 275 Å². The second-order valence-corrected chi connectivity index (χ2v) is 10.1. The summed E-state index contributed by atoms with van der Waals surface area (Å²) in [5.41, 5.74) is 1.64. The summed E-state index contributed by atoms with van der Waals surface area (Å²) in [4.78, 5) is 23.6. The number of hydrogen-bond acceptors (Lipinski definition) is 7. The predicted molar refractivity (Wildman–Crippen MR) is 167 cm³/mol. The number of benzene rings is 4. The molecule has 0 aliphatic carbocycles. The van der Waals surface area contributed by atoms with Crippen LogP contribution in [0.15, 0.2) is 103 Å². The predicted octanol–water partition coefficient (Wildman–Crippen LogP) is 9.25. The zero-order valence-electron chi connectivity index (χ0n) is 26.0. The van der Waals surface area contributed by atoms with Crippen LogP contribution in [0, 0.1) is 11.3 Å². The van der Waals surface area contributed by atoms with Crippen molar-refractivity contribution in [2.45, 2.75) is 57.9 Å². The van der Waals surface area contributed by atoms with Gasteiger partial charge in [0.15, 0.2) is 0 Å². The number of esters is 1. The van der Waals surface area contributed by atoms with Gasteiger partial charge in [-0.05, 0) is 72.5 Å². The average molecular weight is 668 g/mol. The van der Waals surface area contributed by atoms with Gasteiger partial charge in [-0.15, -0.1) is 0 Å². The van der Waals surface area contributed by atoms with E-state index in [9.17, 15) is 32.4 Å². The largest absolute Gasteiger partial charge is 0.481 e. The van der Waals surface area contributed by atoms with Crippen LogP contribution >= 0.6 is 0 Å². The molecule has 12 heteroatoms. The number of nitrogens with zero attached hydrogens (tertiary/aromatic N) is 1. The molecule has 1 N–H and O–H groups in total. The fraction of sp³-hybridized carbons (Fsp3) is 0.250. The van der Waals surface area contributed by atoms with Gasteiger partial charge in [0, 0.05) is 5.56 Å². The van der Waals surface area contributed by atoms with Gasteiger partial charge in [-0.25, -0.2) is 0 Å². The lowest BCUT2D eigenvalue weighted by molar-refractivity contribution is -0.149. The SMILES string of the molecule is CCC(C(=O)O)c1ccc(OC(F)F)cc1.CCC(C(=O)OC(C#N)c1cccc(Oc2ccccc2)c1)c1ccc(OC(F)F)cc1. The number of rotatable bonds is 14. The van der Waals surface area contributed by atoms with Crippen molar-refractivity contribution in [1.82, 2.24) is 0 Å². The van der Waals surface area contributed by atoms with Crippen molar-refractivity contribution in [2.75, 3.05) is 0 Å². The Balaban J connectivity index is 0.000000328. The van der Waals surface area contributed by atoms with E-state index in [1.165, 1.54) is 48.5 Å². The van der Waals surface area contributed by atoms with Crippen LogP contribution in [0.3, 0.4) is 0 Å². The molecular weight excluding hydrogens is 634 g/mol. The maximum absolute atomic E-state index is 12.8. The summed E-state index contributed by atoms with van der Waals surface area (Å²) >= 11 is 0. The van der Waals surface area contributed by atoms with E-state index in [2.05, 4.69) is 9.47 Å². The number of carbonyl (C=O) groups is 2. The summed E-state index contributed by atoms with van der Waals surface area (Å²) in [5.74, 6) is -1.61. The Hall–Kier alpha value is -5.57. The molecule has 3 atom stereocenters. The molecule has 0 bridgehead atoms. The molecule has 0 fully saturated rings. The van der Waals surface area contributed by atoms with Crippen LogP contribution < -0.4 is 14.2 Å². The van der Waals surface area contributed by atoms with Crippen molar-refractivity contribution < 1.29 is 51.2 Å². The molecular formula is C36H33F4NO7. The second-order valence-electron chi connectivity index (χ2n) is 10.1. The fourth-order valence-corrected chi connectivity index (χ4v) is 4.59. The molecule has 0 aliphatic rings. The van der Waals surface area contributed by atoms with Crippen LogP contribution in [0.1, 0.15) is 61.3 Å². The van der Waals surface area contributed by atoms with E-state index in [0.717, 1.165) is 0 Å². The zero-order valence-corrected chi connectivity index (χ0v) is 26.0. The minimum atomic E-state index is -2.93. The Morgan fingerprint density at radius 2 is 1.17 bits per heavy atom. The van der Waals surface area contributed by atoms with Gasteiger partial charge in [0.25, 0.3) is 0 Å². The van der Waals surface area contributed by atoms with E-state index in [1.54, 1.807) is 50.2 Å². The summed E-state index contributed by atoms with van der Waals surface area (Å²) in [6, 6.07) is 29.4. The highest BCUT2D eigenvalue weighted by atomic mass is 19.3. The standard InChI is InChI=1S/C25H21F2NO4.C11H12F2O3/c1-2-22(17-11-13-20(14-12-17)31-25(26)27)24(29)32-23(16-28)18-7-6-10-21(15-18)30-19-8-4-3-5-9-19;1-2-9(10(14)15)7-3-5-8(6-4-7)16-11(12)13/h3-15,22-23,25H,2H2,1H3;3-6,9,11H,2H2,1H3,(H,14,15). The molecule has 8 nitrogen and oxygen atoms in total. The minimum Gasteiger partial charge on any atom is -0.481 e. The first-order chi connectivity index (χ1) is 23.0. The van der Waals surface area contributed by atoms with E-state index in [-0.39, 0.29) is 11.5 Å². The minimum absolute atomic E-state index is 0.00268. The average Bonchev–Trinajstić information content (AvgIpc) is 3.06. The number of alkyl halides is 4. The number of hydrogen-bond donors (Lipinski definition) is 1. The molecule has 4 rings (SSSR count). The third-order valence-electron chi connectivity index (χ3n) is 6.91. The van der Waals surface area contributed by atoms with Gasteiger partial charge in [-0.2, -0.15) is 22.8 Å². The molecule has 3 unspecified atom stereocenters. The first-order valence-electron chi connectivity index (χ1n) is 14.8. The third-order valence-corrected chi connectivity index (χ3v) is 6.91. The number of para-hydroxylation sites is 1. The fourth-order valence-electron chi connectivity index (χ4n) is 4.59. The summed E-state index contributed by atoms with van der Waals surface area (Å²) in [7, 11) is 0. The van der Waals surface area contributed by atoms with E-state index >= 15 is 0 Å². The topological polar surface area (TPSA) is 115 Å². The number of carboxylic acids is 1. The van der Waals surface area contributed by atoms with Gasteiger partial charge in [0.2, 0.25) is 6.10 Å². The quantitative estimate of drug-likeness (QED) is 0.105. The van der Waals surface area contributed by atoms with Crippen LogP contribution in [0.4, 0.5) is 17.6 Å². The van der Waals surface area contributed by atoms with Crippen molar-refractivity contribution in [2.24, 2.45) is 0 Å². The third kappa shape index (κ3) is 11.3. The molecule has 0 saturated carbocycles. The first kappa shape index (κ1) is 36.9. The molecule has 0 amide bonds. The van der Waals surface area contributed by atoms with Crippen LogP contribution in [0.5, 0.6) is 23.0 Å². The number of carbonyl (C=O) groups excluding carboxylic acids is 1. The number of ether oxygens (including phenoxy) is 4. The van der Waals surface area contributed by atoms with Gasteiger partial charge in [-0.1, -0.05) is 68.4 Å². The highest BCUT2D eigenvalue weighted by Crippen LogP contribution is 2.30. The zero-order chi connectivity index (χ0) is 35.1. The molecule has 0 spiro atoms. The molecule has 252 valence electrons. The Bertz CT molecular complexity index is 1630. The maximum atomic E-state index is 12.8. The number of aliphatic carboxylic acids is 1. The summed E-state index contributed by atoms with van der Waals surface area (Å²) < 4.78 is 68.1. The Morgan fingerprint density at radius 3 is 1.62 bits per heavy atom. The second kappa shape index (κ2) is 18.5. The lowest BCUT2D eigenvalue weighted by Crippen LogP contribution is -2.18. The van der Waals surface area contributed by atoms with Gasteiger partial charge in [0.05, 0.1) is 11.8 Å². The van der Waals surface area contributed by atoms with Crippen LogP contribution in [-0.4, -0.2) is 30.3 Å². The van der Waals surface area contributed by atoms with Crippen LogP contribution in [-0.2, 0) is 14.3 Å². The first-order valence-corrected chi connectivity index (χ1v) is 14.8. The molecule has 4 aromatic carbocycles. The molecule has 0 saturated heterocycles. The van der Waals surface area contributed by atoms with E-state index < -0.39 is 43.1 Å². The van der Waals surface area contributed by atoms with E-state index in [4.69, 9.17) is 14.6 Å². The number of halogens is 4. The number of nitriles is 1. The summed E-state index contributed by atoms with van der Waals surface area (Å²) in [6.45, 7) is -2.24. The van der Waals surface area contributed by atoms with Crippen LogP contribution in [0.25, 0.3) is 0 Å². The van der Waals surface area contributed by atoms with Crippen LogP contribution in [0.2, 0.25) is 0 Å². The Morgan fingerprint density at radius 1 is 0.667 bits per heavy atom. The van der Waals surface area contributed by atoms with E-state index in [0.29, 0.717) is 41.0 Å². The highest BCUT2D eigenvalue weighted by Gasteiger charge is 2.25. The van der Waals surface area contributed by atoms with Crippen molar-refractivity contribution in [1.29, 1.82) is 5.26 Å². The summed E-state index contributed by atoms with van der Waals surface area (Å²) in [6.07, 6.45) is -0.273. The smallest absolute Gasteiger partial charge is 0.387 e. The normalized spacial score (nSPS) is 12.5. The Kier molecular flexibility index (Phi) is 14.3. The molecule has 0 radical (unpaired) electrons. The molecule has 0 aliphatic heterocycles. The van der Waals surface area contributed by atoms with Gasteiger partial charge < -0.3 is 24.1 Å². The lowest BCUT2D eigenvalue weighted by atomic mass is 9.96. The van der Waals surface area contributed by atoms with Crippen molar-refractivity contribution in [3.8, 4) is 29.1 Å². The molecule has 0 aromatic heterocycles. The van der Waals surface area contributed by atoms with E-state index in [1.807, 2.05) is 24.3 Å². The van der Waals surface area contributed by atoms with Crippen molar-refractivity contribution in [3.05, 3.63) is 120 Å². The maximum Gasteiger partial charge on any atom is 0.387 e. The highest BCUT2D eigenvalue weighted by molar-refractivity contribution is 5.78. The monoisotopic (exact) mass is 667 g/mol.